The Balaban J connectivity index is 1.48. The van der Waals surface area contributed by atoms with Crippen molar-refractivity contribution in [2.24, 2.45) is 5.10 Å². The molecule has 0 fully saturated rings. The molecule has 172 valence electrons. The first-order valence-corrected chi connectivity index (χ1v) is 10.8. The number of alkyl halides is 3. The van der Waals surface area contributed by atoms with E-state index in [0.717, 1.165) is 17.7 Å². The molecule has 0 unspecified atom stereocenters. The fourth-order valence-corrected chi connectivity index (χ4v) is 3.30. The number of halogens is 5. The van der Waals surface area contributed by atoms with Gasteiger partial charge in [0.15, 0.2) is 0 Å². The zero-order valence-corrected chi connectivity index (χ0v) is 19.3. The van der Waals surface area contributed by atoms with Crippen molar-refractivity contribution in [3.8, 4) is 5.75 Å². The van der Waals surface area contributed by atoms with E-state index in [9.17, 15) is 18.0 Å². The van der Waals surface area contributed by atoms with Crippen molar-refractivity contribution < 1.29 is 22.7 Å². The molecule has 3 aromatic rings. The first kappa shape index (κ1) is 24.6. The second-order valence-corrected chi connectivity index (χ2v) is 8.12. The van der Waals surface area contributed by atoms with Gasteiger partial charge in [0.05, 0.1) is 22.8 Å². The van der Waals surface area contributed by atoms with Crippen LogP contribution in [0.4, 0.5) is 18.9 Å². The normalized spacial score (nSPS) is 11.4. The molecule has 0 aliphatic rings. The summed E-state index contributed by atoms with van der Waals surface area (Å²) < 4.78 is 44.7. The Hall–Kier alpha value is -3.04. The van der Waals surface area contributed by atoms with Gasteiger partial charge in [-0.15, -0.1) is 0 Å². The fraction of sp³-hybridized carbons (Fsp3) is 0.130. The summed E-state index contributed by atoms with van der Waals surface area (Å²) in [6, 6.07) is 17.2. The molecule has 3 aromatic carbocycles. The van der Waals surface area contributed by atoms with Crippen LogP contribution in [-0.4, -0.2) is 18.7 Å². The molecule has 1 amide bonds. The maximum absolute atomic E-state index is 12.7. The number of nitrogens with one attached hydrogen (secondary N) is 2. The van der Waals surface area contributed by atoms with Gasteiger partial charge in [0.2, 0.25) is 0 Å². The van der Waals surface area contributed by atoms with Gasteiger partial charge in [-0.05, 0) is 75.6 Å². The third kappa shape index (κ3) is 7.80. The number of rotatable bonds is 8. The maximum atomic E-state index is 12.7. The number of anilines is 1. The van der Waals surface area contributed by atoms with Crippen molar-refractivity contribution in [3.05, 3.63) is 92.9 Å². The van der Waals surface area contributed by atoms with Crippen LogP contribution in [0.15, 0.2) is 76.3 Å². The second-order valence-electron chi connectivity index (χ2n) is 6.83. The minimum absolute atomic E-state index is 0.182. The van der Waals surface area contributed by atoms with Gasteiger partial charge in [0, 0.05) is 10.7 Å². The molecule has 0 aromatic heterocycles. The van der Waals surface area contributed by atoms with E-state index in [-0.39, 0.29) is 12.2 Å². The van der Waals surface area contributed by atoms with Crippen molar-refractivity contribution >= 4 is 45.3 Å². The third-order valence-electron chi connectivity index (χ3n) is 4.31. The third-order valence-corrected chi connectivity index (χ3v) is 5.18. The van der Waals surface area contributed by atoms with Crippen molar-refractivity contribution in [1.82, 2.24) is 5.43 Å². The lowest BCUT2D eigenvalue weighted by Crippen LogP contribution is -2.26. The van der Waals surface area contributed by atoms with Gasteiger partial charge in [-0.1, -0.05) is 29.8 Å². The van der Waals surface area contributed by atoms with E-state index < -0.39 is 17.6 Å². The lowest BCUT2D eigenvalue weighted by molar-refractivity contribution is -0.137. The number of nitrogens with zero attached hydrogens (tertiary/aromatic N) is 1. The van der Waals surface area contributed by atoms with Crippen molar-refractivity contribution in [2.45, 2.75) is 12.8 Å². The van der Waals surface area contributed by atoms with Crippen LogP contribution in [0.1, 0.15) is 16.7 Å². The summed E-state index contributed by atoms with van der Waals surface area (Å²) in [7, 11) is 0. The van der Waals surface area contributed by atoms with Gasteiger partial charge in [-0.25, -0.2) is 5.43 Å². The van der Waals surface area contributed by atoms with Gasteiger partial charge < -0.3 is 10.1 Å². The smallest absolute Gasteiger partial charge is 0.416 e. The number of benzene rings is 3. The first-order valence-electron chi connectivity index (χ1n) is 9.60. The SMILES string of the molecule is O=C(CNc1cccc(C(F)(F)F)c1)N/N=C\c1ccc(OCc2ccc(Cl)cc2)c(Br)c1. The summed E-state index contributed by atoms with van der Waals surface area (Å²) in [5.41, 5.74) is 3.38. The Kier molecular flexibility index (Phi) is 8.35. The molecule has 0 radical (unpaired) electrons. The quantitative estimate of drug-likeness (QED) is 0.262. The Morgan fingerprint density at radius 3 is 2.55 bits per heavy atom. The van der Waals surface area contributed by atoms with Gasteiger partial charge in [-0.2, -0.15) is 18.3 Å². The Bertz CT molecular complexity index is 1140. The highest BCUT2D eigenvalue weighted by Crippen LogP contribution is 2.30. The Labute approximate surface area is 201 Å². The predicted octanol–water partition coefficient (Wildman–Crippen LogP) is 6.26. The minimum Gasteiger partial charge on any atom is -0.488 e. The van der Waals surface area contributed by atoms with Crippen LogP contribution in [0.2, 0.25) is 5.02 Å². The van der Waals surface area contributed by atoms with Crippen LogP contribution in [0.5, 0.6) is 5.75 Å². The molecule has 0 saturated heterocycles. The zero-order valence-electron chi connectivity index (χ0n) is 17.0. The largest absolute Gasteiger partial charge is 0.488 e. The van der Waals surface area contributed by atoms with Crippen molar-refractivity contribution in [2.75, 3.05) is 11.9 Å². The minimum atomic E-state index is -4.45. The van der Waals surface area contributed by atoms with E-state index in [1.807, 2.05) is 12.1 Å². The molecule has 0 aliphatic heterocycles. The lowest BCUT2D eigenvalue weighted by atomic mass is 10.2. The highest BCUT2D eigenvalue weighted by molar-refractivity contribution is 9.10. The number of hydrogen-bond acceptors (Lipinski definition) is 4. The van der Waals surface area contributed by atoms with Gasteiger partial charge in [0.25, 0.3) is 5.91 Å². The number of hydrazone groups is 1. The van der Waals surface area contributed by atoms with Crippen LogP contribution in [-0.2, 0) is 17.6 Å². The summed E-state index contributed by atoms with van der Waals surface area (Å²) in [6.45, 7) is 0.137. The molecular formula is C23H18BrClF3N3O2. The number of carbonyl (C=O) groups excluding carboxylic acids is 1. The molecule has 0 spiro atoms. The van der Waals surface area contributed by atoms with E-state index in [0.29, 0.717) is 27.4 Å². The van der Waals surface area contributed by atoms with Gasteiger partial charge in [0.1, 0.15) is 12.4 Å². The Morgan fingerprint density at radius 1 is 1.09 bits per heavy atom. The molecule has 0 saturated carbocycles. The van der Waals surface area contributed by atoms with Gasteiger partial charge >= 0.3 is 6.18 Å². The van der Waals surface area contributed by atoms with E-state index in [4.69, 9.17) is 16.3 Å². The van der Waals surface area contributed by atoms with Crippen LogP contribution in [0.3, 0.4) is 0 Å². The molecule has 3 rings (SSSR count). The van der Waals surface area contributed by atoms with Crippen LogP contribution < -0.4 is 15.5 Å². The molecule has 0 bridgehead atoms. The molecule has 33 heavy (non-hydrogen) atoms. The summed E-state index contributed by atoms with van der Waals surface area (Å²) in [5, 5.41) is 7.15. The standard InChI is InChI=1S/C23H18BrClF3N3O2/c24-20-10-16(6-9-21(20)33-14-15-4-7-18(25)8-5-15)12-30-31-22(32)13-29-19-3-1-2-17(11-19)23(26,27)28/h1-12,29H,13-14H2,(H,31,32)/b30-12-. The van der Waals surface area contributed by atoms with E-state index in [1.165, 1.54) is 18.3 Å². The van der Waals surface area contributed by atoms with Gasteiger partial charge in [-0.3, -0.25) is 4.79 Å². The number of hydrogen-bond donors (Lipinski definition) is 2. The van der Waals surface area contributed by atoms with E-state index >= 15 is 0 Å². The van der Waals surface area contributed by atoms with Crippen molar-refractivity contribution in [3.63, 3.8) is 0 Å². The molecule has 2 N–H and O–H groups in total. The summed E-state index contributed by atoms with van der Waals surface area (Å²) in [4.78, 5) is 11.9. The molecule has 10 heteroatoms. The maximum Gasteiger partial charge on any atom is 0.416 e. The van der Waals surface area contributed by atoms with Crippen LogP contribution in [0.25, 0.3) is 0 Å². The molecule has 5 nitrogen and oxygen atoms in total. The Morgan fingerprint density at radius 2 is 1.85 bits per heavy atom. The van der Waals surface area contributed by atoms with Crippen molar-refractivity contribution in [1.29, 1.82) is 0 Å². The molecule has 0 aliphatic carbocycles. The summed E-state index contributed by atoms with van der Waals surface area (Å²) in [5.74, 6) is 0.127. The monoisotopic (exact) mass is 539 g/mol. The molecule has 0 heterocycles. The summed E-state index contributed by atoms with van der Waals surface area (Å²) >= 11 is 9.31. The molecule has 0 atom stereocenters. The zero-order chi connectivity index (χ0) is 23.8. The second kappa shape index (κ2) is 11.2. The molecular weight excluding hydrogens is 523 g/mol. The topological polar surface area (TPSA) is 62.7 Å². The highest BCUT2D eigenvalue weighted by Gasteiger charge is 2.30. The highest BCUT2D eigenvalue weighted by atomic mass is 79.9. The van der Waals surface area contributed by atoms with Crippen LogP contribution in [0, 0.1) is 0 Å². The number of carbonyl (C=O) groups is 1. The lowest BCUT2D eigenvalue weighted by Gasteiger charge is -2.10. The average Bonchev–Trinajstić information content (AvgIpc) is 2.78. The predicted molar refractivity (Wildman–Crippen MR) is 126 cm³/mol. The number of amides is 1. The number of ether oxygens (including phenoxy) is 1. The van der Waals surface area contributed by atoms with E-state index in [2.05, 4.69) is 31.8 Å². The van der Waals surface area contributed by atoms with E-state index in [1.54, 1.807) is 30.3 Å². The summed E-state index contributed by atoms with van der Waals surface area (Å²) in [6.07, 6.45) is -3.01. The first-order chi connectivity index (χ1) is 15.7. The fourth-order valence-electron chi connectivity index (χ4n) is 2.66. The van der Waals surface area contributed by atoms with Crippen LogP contribution >= 0.6 is 27.5 Å². The average molecular weight is 541 g/mol.